The van der Waals surface area contributed by atoms with Crippen LogP contribution >= 0.6 is 0 Å². The van der Waals surface area contributed by atoms with Crippen molar-refractivity contribution in [3.8, 4) is 0 Å². The van der Waals surface area contributed by atoms with Gasteiger partial charge >= 0.3 is 0 Å². The lowest BCUT2D eigenvalue weighted by molar-refractivity contribution is 1.65. The van der Waals surface area contributed by atoms with E-state index in [9.17, 15) is 0 Å². The van der Waals surface area contributed by atoms with Gasteiger partial charge in [0, 0.05) is 5.69 Å². The third kappa shape index (κ3) is 2.72. The lowest BCUT2D eigenvalue weighted by Crippen LogP contribution is -2.47. The van der Waals surface area contributed by atoms with Gasteiger partial charge in [-0.2, -0.15) is 0 Å². The van der Waals surface area contributed by atoms with Gasteiger partial charge in [0.1, 0.15) is 0 Å². The first-order valence-corrected chi connectivity index (χ1v) is 12.5. The number of para-hydroxylation sites is 1. The van der Waals surface area contributed by atoms with Crippen molar-refractivity contribution < 1.29 is 0 Å². The Labute approximate surface area is 95.7 Å². The summed E-state index contributed by atoms with van der Waals surface area (Å²) in [7, 11) is -2.58. The Morgan fingerprint density at radius 1 is 0.800 bits per heavy atom. The van der Waals surface area contributed by atoms with Gasteiger partial charge in [0.2, 0.25) is 0 Å². The molecule has 0 atom stereocenters. The Bertz CT molecular complexity index is 327. The molecule has 0 bridgehead atoms. The minimum atomic E-state index is -1.29. The number of nitrogen functional groups attached to an aromatic ring is 1. The Kier molecular flexibility index (Phi) is 3.17. The molecule has 15 heavy (non-hydrogen) atoms. The van der Waals surface area contributed by atoms with Crippen LogP contribution < -0.4 is 16.1 Å². The van der Waals surface area contributed by atoms with Gasteiger partial charge in [-0.1, -0.05) is 57.5 Å². The molecule has 1 aromatic carbocycles. The third-order valence-corrected chi connectivity index (χ3v) is 6.83. The molecule has 0 amide bonds. The highest BCUT2D eigenvalue weighted by atomic mass is 28.3. The SMILES string of the molecule is C[Si](C)(C)c1cccc([Si](C)(C)C)c1N. The van der Waals surface area contributed by atoms with Gasteiger partial charge in [0.15, 0.2) is 0 Å². The molecule has 2 N–H and O–H groups in total. The molecule has 3 heteroatoms. The van der Waals surface area contributed by atoms with Gasteiger partial charge in [-0.3, -0.25) is 0 Å². The predicted molar refractivity (Wildman–Crippen MR) is 76.8 cm³/mol. The van der Waals surface area contributed by atoms with Crippen LogP contribution in [0.4, 0.5) is 5.69 Å². The van der Waals surface area contributed by atoms with Gasteiger partial charge < -0.3 is 5.73 Å². The molecule has 1 rings (SSSR count). The number of hydrogen-bond acceptors (Lipinski definition) is 1. The van der Waals surface area contributed by atoms with Crippen LogP contribution in [0, 0.1) is 0 Å². The summed E-state index contributed by atoms with van der Waals surface area (Å²) in [5.41, 5.74) is 7.40. The zero-order valence-electron chi connectivity index (χ0n) is 10.8. The molecule has 0 saturated heterocycles. The molecule has 1 nitrogen and oxygen atoms in total. The normalized spacial score (nSPS) is 12.9. The lowest BCUT2D eigenvalue weighted by Gasteiger charge is -2.25. The van der Waals surface area contributed by atoms with E-state index in [4.69, 9.17) is 5.73 Å². The molecule has 0 saturated carbocycles. The zero-order valence-corrected chi connectivity index (χ0v) is 12.8. The number of nitrogens with two attached hydrogens (primary N) is 1. The molecule has 0 aliphatic rings. The topological polar surface area (TPSA) is 26.0 Å². The van der Waals surface area contributed by atoms with Gasteiger partial charge in [0.25, 0.3) is 0 Å². The van der Waals surface area contributed by atoms with Crippen LogP contribution in [-0.4, -0.2) is 16.1 Å². The summed E-state index contributed by atoms with van der Waals surface area (Å²) < 4.78 is 0. The van der Waals surface area contributed by atoms with Gasteiger partial charge in [-0.05, 0) is 10.4 Å². The maximum Gasteiger partial charge on any atom is 0.0802 e. The molecule has 84 valence electrons. The summed E-state index contributed by atoms with van der Waals surface area (Å²) in [6.45, 7) is 14.1. The fraction of sp³-hybridized carbons (Fsp3) is 0.500. The smallest absolute Gasteiger partial charge is 0.0802 e. The third-order valence-electron chi connectivity index (χ3n) is 2.72. The second-order valence-electron chi connectivity index (χ2n) is 6.27. The van der Waals surface area contributed by atoms with E-state index in [-0.39, 0.29) is 0 Å². The standard InChI is InChI=1S/C12H23NSi2/c1-14(2,3)10-8-7-9-11(12(10)13)15(4,5)6/h7-9H,13H2,1-6H3. The van der Waals surface area contributed by atoms with E-state index >= 15 is 0 Å². The summed E-state index contributed by atoms with van der Waals surface area (Å²) in [6, 6.07) is 6.61. The van der Waals surface area contributed by atoms with Crippen molar-refractivity contribution in [3.05, 3.63) is 18.2 Å². The molecule has 0 fully saturated rings. The van der Waals surface area contributed by atoms with Crippen molar-refractivity contribution in [2.45, 2.75) is 39.3 Å². The highest BCUT2D eigenvalue weighted by molar-refractivity contribution is 6.93. The van der Waals surface area contributed by atoms with Crippen LogP contribution in [0.2, 0.25) is 39.3 Å². The Morgan fingerprint density at radius 2 is 1.13 bits per heavy atom. The number of hydrogen-bond donors (Lipinski definition) is 1. The molecule has 0 heterocycles. The molecular weight excluding hydrogens is 214 g/mol. The first kappa shape index (κ1) is 12.5. The summed E-state index contributed by atoms with van der Waals surface area (Å²) in [5, 5.41) is 2.84. The minimum absolute atomic E-state index is 1.08. The second kappa shape index (κ2) is 3.79. The average molecular weight is 237 g/mol. The summed E-state index contributed by atoms with van der Waals surface area (Å²) in [5.74, 6) is 0. The van der Waals surface area contributed by atoms with Crippen molar-refractivity contribution in [1.82, 2.24) is 0 Å². The second-order valence-corrected chi connectivity index (χ2v) is 16.3. The minimum Gasteiger partial charge on any atom is -0.399 e. The van der Waals surface area contributed by atoms with E-state index in [1.807, 2.05) is 0 Å². The molecule has 0 spiro atoms. The van der Waals surface area contributed by atoms with Crippen LogP contribution in [0.5, 0.6) is 0 Å². The molecular formula is C12H23NSi2. The van der Waals surface area contributed by atoms with E-state index < -0.39 is 16.1 Å². The largest absolute Gasteiger partial charge is 0.399 e. The fourth-order valence-corrected chi connectivity index (χ4v) is 5.08. The van der Waals surface area contributed by atoms with E-state index in [1.54, 1.807) is 0 Å². The van der Waals surface area contributed by atoms with Crippen molar-refractivity contribution in [3.63, 3.8) is 0 Å². The summed E-state index contributed by atoms with van der Waals surface area (Å²) in [6.07, 6.45) is 0. The molecule has 1 aromatic rings. The molecule has 0 aliphatic heterocycles. The number of anilines is 1. The number of benzene rings is 1. The van der Waals surface area contributed by atoms with E-state index in [0.717, 1.165) is 5.69 Å². The predicted octanol–water partition coefficient (Wildman–Crippen LogP) is 2.36. The Morgan fingerprint density at radius 3 is 1.40 bits per heavy atom. The van der Waals surface area contributed by atoms with Crippen molar-refractivity contribution >= 4 is 32.2 Å². The molecule has 0 unspecified atom stereocenters. The van der Waals surface area contributed by atoms with Crippen LogP contribution in [0.15, 0.2) is 18.2 Å². The van der Waals surface area contributed by atoms with E-state index in [0.29, 0.717) is 0 Å². The highest BCUT2D eigenvalue weighted by Crippen LogP contribution is 2.11. The van der Waals surface area contributed by atoms with Crippen LogP contribution in [0.25, 0.3) is 0 Å². The van der Waals surface area contributed by atoms with Gasteiger partial charge in [0.05, 0.1) is 16.1 Å². The summed E-state index contributed by atoms with van der Waals surface area (Å²) >= 11 is 0. The van der Waals surface area contributed by atoms with Crippen LogP contribution in [0.1, 0.15) is 0 Å². The van der Waals surface area contributed by atoms with E-state index in [1.165, 1.54) is 10.4 Å². The lowest BCUT2D eigenvalue weighted by atomic mass is 10.3. The Hall–Kier alpha value is -0.546. The van der Waals surface area contributed by atoms with Gasteiger partial charge in [-0.15, -0.1) is 0 Å². The first-order chi connectivity index (χ1) is 6.64. The highest BCUT2D eigenvalue weighted by Gasteiger charge is 2.25. The molecule has 0 aliphatic carbocycles. The fourth-order valence-electron chi connectivity index (χ4n) is 1.87. The number of rotatable bonds is 2. The Balaban J connectivity index is 3.37. The monoisotopic (exact) mass is 237 g/mol. The van der Waals surface area contributed by atoms with Crippen LogP contribution in [-0.2, 0) is 0 Å². The average Bonchev–Trinajstić information content (AvgIpc) is 1.99. The quantitative estimate of drug-likeness (QED) is 0.620. The van der Waals surface area contributed by atoms with Crippen LogP contribution in [0.3, 0.4) is 0 Å². The van der Waals surface area contributed by atoms with Crippen molar-refractivity contribution in [1.29, 1.82) is 0 Å². The van der Waals surface area contributed by atoms with Crippen molar-refractivity contribution in [2.24, 2.45) is 0 Å². The molecule has 0 radical (unpaired) electrons. The maximum atomic E-state index is 6.33. The zero-order chi connectivity index (χ0) is 11.9. The summed E-state index contributed by atoms with van der Waals surface area (Å²) in [4.78, 5) is 0. The first-order valence-electron chi connectivity index (χ1n) is 5.53. The van der Waals surface area contributed by atoms with Crippen molar-refractivity contribution in [2.75, 3.05) is 5.73 Å². The van der Waals surface area contributed by atoms with Gasteiger partial charge in [-0.25, -0.2) is 0 Å². The van der Waals surface area contributed by atoms with E-state index in [2.05, 4.69) is 57.5 Å². The molecule has 0 aromatic heterocycles. The maximum absolute atomic E-state index is 6.33.